The average Bonchev–Trinajstić information content (AvgIpc) is 3.00. The number of H-pyrrole nitrogens is 1. The van der Waals surface area contributed by atoms with Crippen molar-refractivity contribution in [3.63, 3.8) is 0 Å². The van der Waals surface area contributed by atoms with Crippen LogP contribution in [0.3, 0.4) is 0 Å². The number of fused-ring (bicyclic) bond motifs is 1. The lowest BCUT2D eigenvalue weighted by Crippen LogP contribution is -2.23. The van der Waals surface area contributed by atoms with E-state index in [-0.39, 0.29) is 17.4 Å². The molecule has 1 aromatic heterocycles. The molecule has 0 bridgehead atoms. The number of hydrogen-bond donors (Lipinski definition) is 2. The Kier molecular flexibility index (Phi) is 4.80. The number of alkyl halides is 3. The number of anilines is 1. The van der Waals surface area contributed by atoms with E-state index in [1.165, 1.54) is 12.3 Å². The van der Waals surface area contributed by atoms with Crippen molar-refractivity contribution in [3.8, 4) is 0 Å². The third-order valence-corrected chi connectivity index (χ3v) is 5.54. The summed E-state index contributed by atoms with van der Waals surface area (Å²) in [5.74, 6) is 0. The summed E-state index contributed by atoms with van der Waals surface area (Å²) in [5, 5.41) is 10.1. The van der Waals surface area contributed by atoms with E-state index in [1.807, 2.05) is 0 Å². The summed E-state index contributed by atoms with van der Waals surface area (Å²) in [6.07, 6.45) is 1.25. The molecule has 0 saturated heterocycles. The summed E-state index contributed by atoms with van der Waals surface area (Å²) in [5.41, 5.74) is -4.48. The largest absolute Gasteiger partial charge is 0.501 e. The Morgan fingerprint density at radius 1 is 1.12 bits per heavy atom. The van der Waals surface area contributed by atoms with E-state index < -0.39 is 20.2 Å². The molecule has 1 heterocycles. The zero-order valence-corrected chi connectivity index (χ0v) is 15.1. The normalized spacial score (nSPS) is 12.5. The molecule has 3 rings (SSSR count). The van der Waals surface area contributed by atoms with Gasteiger partial charge in [-0.3, -0.25) is 5.10 Å². The van der Waals surface area contributed by atoms with Gasteiger partial charge >= 0.3 is 5.51 Å². The SMILES string of the molecule is O=S(=O)(c1ccc(NCc2cc(Cl)cc(Cl)c2)c2cn[nH]c12)C(F)(F)F. The molecule has 0 radical (unpaired) electrons. The predicted molar refractivity (Wildman–Crippen MR) is 93.1 cm³/mol. The second-order valence-corrected chi connectivity index (χ2v) is 8.13. The van der Waals surface area contributed by atoms with Gasteiger partial charge in [0.1, 0.15) is 4.90 Å². The van der Waals surface area contributed by atoms with Gasteiger partial charge in [-0.05, 0) is 35.9 Å². The van der Waals surface area contributed by atoms with Crippen LogP contribution in [0.25, 0.3) is 10.9 Å². The minimum Gasteiger partial charge on any atom is -0.380 e. The molecule has 3 aromatic rings. The fourth-order valence-electron chi connectivity index (χ4n) is 2.42. The summed E-state index contributed by atoms with van der Waals surface area (Å²) >= 11 is 11.8. The molecular formula is C15H10Cl2F3N3O2S. The van der Waals surface area contributed by atoms with E-state index >= 15 is 0 Å². The first-order chi connectivity index (χ1) is 12.1. The zero-order valence-electron chi connectivity index (χ0n) is 12.7. The lowest BCUT2D eigenvalue weighted by atomic mass is 10.2. The Hall–Kier alpha value is -1.97. The van der Waals surface area contributed by atoms with Crippen molar-refractivity contribution in [1.82, 2.24) is 10.2 Å². The van der Waals surface area contributed by atoms with Gasteiger partial charge in [0, 0.05) is 27.7 Å². The second-order valence-electron chi connectivity index (χ2n) is 5.35. The molecule has 0 aliphatic heterocycles. The molecule has 2 N–H and O–H groups in total. The maximum Gasteiger partial charge on any atom is 0.501 e. The fraction of sp³-hybridized carbons (Fsp3) is 0.133. The molecule has 0 aliphatic carbocycles. The Morgan fingerprint density at radius 3 is 2.38 bits per heavy atom. The van der Waals surface area contributed by atoms with Gasteiger partial charge in [-0.1, -0.05) is 23.2 Å². The van der Waals surface area contributed by atoms with Crippen LogP contribution in [-0.2, 0) is 16.4 Å². The summed E-state index contributed by atoms with van der Waals surface area (Å²) in [6, 6.07) is 7.06. The van der Waals surface area contributed by atoms with Crippen molar-refractivity contribution >= 4 is 49.6 Å². The minimum atomic E-state index is -5.50. The first-order valence-corrected chi connectivity index (χ1v) is 9.30. The predicted octanol–water partition coefficient (Wildman–Crippen LogP) is 4.78. The number of benzene rings is 2. The van der Waals surface area contributed by atoms with Crippen molar-refractivity contribution in [2.45, 2.75) is 16.9 Å². The van der Waals surface area contributed by atoms with Crippen LogP contribution in [0.2, 0.25) is 10.0 Å². The van der Waals surface area contributed by atoms with Crippen LogP contribution in [0.1, 0.15) is 5.56 Å². The van der Waals surface area contributed by atoms with Crippen LogP contribution in [-0.4, -0.2) is 24.1 Å². The molecule has 0 saturated carbocycles. The maximum absolute atomic E-state index is 12.8. The second kappa shape index (κ2) is 6.64. The maximum atomic E-state index is 12.8. The molecule has 0 aliphatic rings. The van der Waals surface area contributed by atoms with Crippen LogP contribution < -0.4 is 5.32 Å². The molecule has 26 heavy (non-hydrogen) atoms. The van der Waals surface area contributed by atoms with Crippen molar-refractivity contribution in [1.29, 1.82) is 0 Å². The van der Waals surface area contributed by atoms with Gasteiger partial charge in [0.15, 0.2) is 0 Å². The topological polar surface area (TPSA) is 74.8 Å². The summed E-state index contributed by atoms with van der Waals surface area (Å²) in [6.45, 7) is 0.270. The molecular weight excluding hydrogens is 414 g/mol. The number of sulfone groups is 1. The van der Waals surface area contributed by atoms with Gasteiger partial charge < -0.3 is 5.32 Å². The minimum absolute atomic E-state index is 0.212. The van der Waals surface area contributed by atoms with E-state index in [9.17, 15) is 21.6 Å². The number of nitrogens with zero attached hydrogens (tertiary/aromatic N) is 1. The smallest absolute Gasteiger partial charge is 0.380 e. The zero-order chi connectivity index (χ0) is 19.1. The van der Waals surface area contributed by atoms with Crippen LogP contribution in [0.15, 0.2) is 41.4 Å². The van der Waals surface area contributed by atoms with Crippen LogP contribution >= 0.6 is 23.2 Å². The van der Waals surface area contributed by atoms with Crippen LogP contribution in [0.5, 0.6) is 0 Å². The summed E-state index contributed by atoms with van der Waals surface area (Å²) in [4.78, 5) is -0.881. The number of aromatic amines is 1. The first kappa shape index (κ1) is 18.8. The highest BCUT2D eigenvalue weighted by atomic mass is 35.5. The highest BCUT2D eigenvalue weighted by Gasteiger charge is 2.48. The molecule has 2 aromatic carbocycles. The van der Waals surface area contributed by atoms with Gasteiger partial charge in [0.05, 0.1) is 11.7 Å². The van der Waals surface area contributed by atoms with Crippen LogP contribution in [0.4, 0.5) is 18.9 Å². The monoisotopic (exact) mass is 423 g/mol. The highest BCUT2D eigenvalue weighted by molar-refractivity contribution is 7.92. The van der Waals surface area contributed by atoms with Gasteiger partial charge in [0.25, 0.3) is 9.84 Å². The molecule has 0 fully saturated rings. The molecule has 0 atom stereocenters. The number of aromatic nitrogens is 2. The number of nitrogens with one attached hydrogen (secondary N) is 2. The quantitative estimate of drug-likeness (QED) is 0.633. The van der Waals surface area contributed by atoms with Crippen molar-refractivity contribution in [2.24, 2.45) is 0 Å². The molecule has 0 unspecified atom stereocenters. The van der Waals surface area contributed by atoms with E-state index in [0.29, 0.717) is 15.7 Å². The summed E-state index contributed by atoms with van der Waals surface area (Å²) < 4.78 is 61.9. The number of rotatable bonds is 4. The Balaban J connectivity index is 1.97. The Labute approximate surface area is 156 Å². The van der Waals surface area contributed by atoms with Gasteiger partial charge in [-0.2, -0.15) is 18.3 Å². The molecule has 0 spiro atoms. The van der Waals surface area contributed by atoms with Crippen LogP contribution in [0, 0.1) is 0 Å². The lowest BCUT2D eigenvalue weighted by Gasteiger charge is -2.12. The Morgan fingerprint density at radius 2 is 1.77 bits per heavy atom. The molecule has 5 nitrogen and oxygen atoms in total. The molecule has 11 heteroatoms. The lowest BCUT2D eigenvalue weighted by molar-refractivity contribution is -0.0435. The fourth-order valence-corrected chi connectivity index (χ4v) is 3.92. The van der Waals surface area contributed by atoms with Crippen molar-refractivity contribution < 1.29 is 21.6 Å². The van der Waals surface area contributed by atoms with E-state index in [1.54, 1.807) is 18.2 Å². The number of halogens is 5. The van der Waals surface area contributed by atoms with E-state index in [0.717, 1.165) is 11.6 Å². The van der Waals surface area contributed by atoms with Crippen molar-refractivity contribution in [3.05, 3.63) is 52.1 Å². The van der Waals surface area contributed by atoms with E-state index in [2.05, 4.69) is 15.5 Å². The van der Waals surface area contributed by atoms with Gasteiger partial charge in [-0.15, -0.1) is 0 Å². The van der Waals surface area contributed by atoms with Crippen molar-refractivity contribution in [2.75, 3.05) is 5.32 Å². The third-order valence-electron chi connectivity index (χ3n) is 3.58. The van der Waals surface area contributed by atoms with E-state index in [4.69, 9.17) is 23.2 Å². The average molecular weight is 424 g/mol. The molecule has 138 valence electrons. The standard InChI is InChI=1S/C15H10Cl2F3N3O2S/c16-9-3-8(4-10(17)5-9)6-21-12-1-2-13(14-11(12)7-22-23-14)26(24,25)15(18,19)20/h1-5,7,21H,6H2,(H,22,23). The third kappa shape index (κ3) is 3.46. The first-order valence-electron chi connectivity index (χ1n) is 7.06. The van der Waals surface area contributed by atoms with Gasteiger partial charge in [0.2, 0.25) is 0 Å². The molecule has 0 amide bonds. The van der Waals surface area contributed by atoms with Gasteiger partial charge in [-0.25, -0.2) is 8.42 Å². The number of hydrogen-bond acceptors (Lipinski definition) is 4. The summed E-state index contributed by atoms with van der Waals surface area (Å²) in [7, 11) is -5.50. The highest BCUT2D eigenvalue weighted by Crippen LogP contribution is 2.36. The Bertz CT molecular complexity index is 1060.